The van der Waals surface area contributed by atoms with Crippen LogP contribution in [0.25, 0.3) is 0 Å². The smallest absolute Gasteiger partial charge is 0.372 e. The van der Waals surface area contributed by atoms with Gasteiger partial charge in [-0.2, -0.15) is 13.2 Å². The summed E-state index contributed by atoms with van der Waals surface area (Å²) >= 11 is 6.05. The van der Waals surface area contributed by atoms with Crippen LogP contribution >= 0.6 is 11.6 Å². The van der Waals surface area contributed by atoms with Crippen molar-refractivity contribution in [3.05, 3.63) is 64.2 Å². The van der Waals surface area contributed by atoms with E-state index < -0.39 is 17.8 Å². The largest absolute Gasteiger partial charge is 0.416 e. The molecule has 3 nitrogen and oxygen atoms in total. The fourth-order valence-corrected chi connectivity index (χ4v) is 3.91. The first-order valence-electron chi connectivity index (χ1n) is 9.68. The van der Waals surface area contributed by atoms with Crippen LogP contribution in [0.15, 0.2) is 42.5 Å². The molecule has 2 aromatic rings. The molecule has 2 N–H and O–H groups in total. The average molecular weight is 425 g/mol. The summed E-state index contributed by atoms with van der Waals surface area (Å²) in [7, 11) is 0. The third-order valence-electron chi connectivity index (χ3n) is 5.24. The lowest BCUT2D eigenvalue weighted by molar-refractivity contribution is -0.137. The van der Waals surface area contributed by atoms with Gasteiger partial charge in [-0.05, 0) is 54.5 Å². The Bertz CT molecular complexity index is 883. The molecule has 2 aromatic carbocycles. The molecule has 0 radical (unpaired) electrons. The van der Waals surface area contributed by atoms with Crippen molar-refractivity contribution in [2.24, 2.45) is 5.92 Å². The quantitative estimate of drug-likeness (QED) is 0.619. The number of halogens is 4. The second-order valence-electron chi connectivity index (χ2n) is 7.71. The lowest BCUT2D eigenvalue weighted by Gasteiger charge is -2.30. The van der Waals surface area contributed by atoms with Gasteiger partial charge < -0.3 is 10.6 Å². The van der Waals surface area contributed by atoms with Gasteiger partial charge in [0.05, 0.1) is 22.3 Å². The summed E-state index contributed by atoms with van der Waals surface area (Å²) in [5.41, 5.74) is 1.85. The van der Waals surface area contributed by atoms with Crippen molar-refractivity contribution in [2.45, 2.75) is 51.4 Å². The number of hydrogen-bond donors (Lipinski definition) is 2. The van der Waals surface area contributed by atoms with Gasteiger partial charge >= 0.3 is 6.18 Å². The van der Waals surface area contributed by atoms with E-state index in [1.54, 1.807) is 0 Å². The van der Waals surface area contributed by atoms with Crippen molar-refractivity contribution in [2.75, 3.05) is 5.32 Å². The lowest BCUT2D eigenvalue weighted by atomic mass is 9.87. The Balaban J connectivity index is 1.76. The van der Waals surface area contributed by atoms with Crippen LogP contribution in [-0.2, 0) is 17.4 Å². The Morgan fingerprint density at radius 3 is 2.55 bits per heavy atom. The summed E-state index contributed by atoms with van der Waals surface area (Å²) in [6.45, 7) is 3.76. The lowest BCUT2D eigenvalue weighted by Crippen LogP contribution is -2.45. The molecule has 0 saturated carbocycles. The molecule has 1 aliphatic carbocycles. The summed E-state index contributed by atoms with van der Waals surface area (Å²) in [4.78, 5) is 13.0. The molecule has 0 saturated heterocycles. The molecular formula is C22H24ClF3N2O. The van der Waals surface area contributed by atoms with Crippen LogP contribution in [0.2, 0.25) is 5.02 Å². The van der Waals surface area contributed by atoms with Gasteiger partial charge in [-0.1, -0.05) is 49.7 Å². The highest BCUT2D eigenvalue weighted by Gasteiger charge is 2.32. The van der Waals surface area contributed by atoms with Crippen LogP contribution < -0.4 is 10.6 Å². The van der Waals surface area contributed by atoms with E-state index in [1.165, 1.54) is 11.6 Å². The van der Waals surface area contributed by atoms with Crippen molar-refractivity contribution in [3.8, 4) is 0 Å². The topological polar surface area (TPSA) is 41.1 Å². The highest BCUT2D eigenvalue weighted by Crippen LogP contribution is 2.34. The SMILES string of the molecule is CC(C)C(Nc1ccc(C(F)(F)F)cc1Cl)C(=O)NC1CCCc2ccccc21. The maximum Gasteiger partial charge on any atom is 0.416 e. The van der Waals surface area contributed by atoms with Gasteiger partial charge in [-0.3, -0.25) is 4.79 Å². The van der Waals surface area contributed by atoms with E-state index in [-0.39, 0.29) is 22.9 Å². The van der Waals surface area contributed by atoms with Gasteiger partial charge in [0.25, 0.3) is 0 Å². The minimum atomic E-state index is -4.47. The monoisotopic (exact) mass is 424 g/mol. The van der Waals surface area contributed by atoms with E-state index in [4.69, 9.17) is 11.6 Å². The fourth-order valence-electron chi connectivity index (χ4n) is 3.68. The summed E-state index contributed by atoms with van der Waals surface area (Å²) in [6, 6.07) is 10.5. The zero-order chi connectivity index (χ0) is 21.2. The van der Waals surface area contributed by atoms with Gasteiger partial charge in [0.1, 0.15) is 6.04 Å². The Morgan fingerprint density at radius 2 is 1.90 bits per heavy atom. The molecule has 0 aliphatic heterocycles. The molecule has 0 heterocycles. The van der Waals surface area contributed by atoms with Gasteiger partial charge in [0.15, 0.2) is 0 Å². The first kappa shape index (κ1) is 21.5. The van der Waals surface area contributed by atoms with Gasteiger partial charge in [0.2, 0.25) is 5.91 Å². The zero-order valence-electron chi connectivity index (χ0n) is 16.3. The summed E-state index contributed by atoms with van der Waals surface area (Å²) in [5.74, 6) is -0.287. The van der Waals surface area contributed by atoms with Crippen molar-refractivity contribution >= 4 is 23.2 Å². The van der Waals surface area contributed by atoms with E-state index >= 15 is 0 Å². The van der Waals surface area contributed by atoms with E-state index in [0.717, 1.165) is 37.0 Å². The normalized spacial score (nSPS) is 17.6. The highest BCUT2D eigenvalue weighted by atomic mass is 35.5. The van der Waals surface area contributed by atoms with Crippen LogP contribution in [0.3, 0.4) is 0 Å². The number of amides is 1. The summed E-state index contributed by atoms with van der Waals surface area (Å²) in [5, 5.41) is 6.07. The predicted octanol–water partition coefficient (Wildman–Crippen LogP) is 5.99. The molecule has 0 bridgehead atoms. The maximum absolute atomic E-state index is 13.0. The number of benzene rings is 2. The number of anilines is 1. The third kappa shape index (κ3) is 5.04. The number of aryl methyl sites for hydroxylation is 1. The van der Waals surface area contributed by atoms with Gasteiger partial charge in [-0.15, -0.1) is 0 Å². The van der Waals surface area contributed by atoms with Crippen LogP contribution in [0.1, 0.15) is 49.4 Å². The number of rotatable bonds is 5. The maximum atomic E-state index is 13.0. The number of nitrogens with one attached hydrogen (secondary N) is 2. The summed E-state index contributed by atoms with van der Waals surface area (Å²) < 4.78 is 38.6. The van der Waals surface area contributed by atoms with E-state index in [2.05, 4.69) is 16.7 Å². The molecule has 1 aliphatic rings. The molecule has 2 unspecified atom stereocenters. The molecule has 2 atom stereocenters. The van der Waals surface area contributed by atoms with Crippen LogP contribution in [0, 0.1) is 5.92 Å². The van der Waals surface area contributed by atoms with Gasteiger partial charge in [-0.25, -0.2) is 0 Å². The number of carbonyl (C=O) groups excluding carboxylic acids is 1. The van der Waals surface area contributed by atoms with E-state index in [9.17, 15) is 18.0 Å². The second kappa shape index (κ2) is 8.66. The van der Waals surface area contributed by atoms with Crippen LogP contribution in [0.4, 0.5) is 18.9 Å². The first-order chi connectivity index (χ1) is 13.7. The van der Waals surface area contributed by atoms with Crippen LogP contribution in [0.5, 0.6) is 0 Å². The molecule has 156 valence electrons. The molecule has 3 rings (SSSR count). The molecule has 7 heteroatoms. The molecule has 0 aromatic heterocycles. The fraction of sp³-hybridized carbons (Fsp3) is 0.409. The molecule has 29 heavy (non-hydrogen) atoms. The Hall–Kier alpha value is -2.21. The molecule has 1 amide bonds. The summed E-state index contributed by atoms with van der Waals surface area (Å²) in [6.07, 6.45) is -1.62. The van der Waals surface area contributed by atoms with E-state index in [1.807, 2.05) is 32.0 Å². The first-order valence-corrected chi connectivity index (χ1v) is 10.1. The predicted molar refractivity (Wildman–Crippen MR) is 109 cm³/mol. The molecular weight excluding hydrogens is 401 g/mol. The minimum absolute atomic E-state index is 0.0683. The van der Waals surface area contributed by atoms with Crippen molar-refractivity contribution in [1.82, 2.24) is 5.32 Å². The Kier molecular flexibility index (Phi) is 6.42. The van der Waals surface area contributed by atoms with Crippen LogP contribution in [-0.4, -0.2) is 11.9 Å². The van der Waals surface area contributed by atoms with Crippen molar-refractivity contribution < 1.29 is 18.0 Å². The van der Waals surface area contributed by atoms with E-state index in [0.29, 0.717) is 5.69 Å². The third-order valence-corrected chi connectivity index (χ3v) is 5.56. The zero-order valence-corrected chi connectivity index (χ0v) is 17.1. The molecule has 0 fully saturated rings. The Labute approximate surface area is 173 Å². The second-order valence-corrected chi connectivity index (χ2v) is 8.12. The standard InChI is InChI=1S/C22H24ClF3N2O/c1-13(2)20(27-19-11-10-15(12-17(19)23)22(24,25)26)21(29)28-18-9-5-7-14-6-3-4-8-16(14)18/h3-4,6,8,10-13,18,20,27H,5,7,9H2,1-2H3,(H,28,29). The molecule has 0 spiro atoms. The highest BCUT2D eigenvalue weighted by molar-refractivity contribution is 6.33. The average Bonchev–Trinajstić information content (AvgIpc) is 2.66. The minimum Gasteiger partial charge on any atom is -0.372 e. The van der Waals surface area contributed by atoms with Gasteiger partial charge in [0, 0.05) is 0 Å². The number of alkyl halides is 3. The number of carbonyl (C=O) groups is 1. The van der Waals surface area contributed by atoms with Crippen molar-refractivity contribution in [1.29, 1.82) is 0 Å². The Morgan fingerprint density at radius 1 is 1.17 bits per heavy atom. The van der Waals surface area contributed by atoms with Crippen molar-refractivity contribution in [3.63, 3.8) is 0 Å². The number of hydrogen-bond acceptors (Lipinski definition) is 2. The number of fused-ring (bicyclic) bond motifs is 1.